The quantitative estimate of drug-likeness (QED) is 0.565. The third-order valence-corrected chi connectivity index (χ3v) is 3.74. The van der Waals surface area contributed by atoms with E-state index in [2.05, 4.69) is 10.4 Å². The summed E-state index contributed by atoms with van der Waals surface area (Å²) in [6, 6.07) is 14.1. The highest BCUT2D eigenvalue weighted by Crippen LogP contribution is 2.21. The van der Waals surface area contributed by atoms with Crippen molar-refractivity contribution in [3.05, 3.63) is 81.0 Å². The summed E-state index contributed by atoms with van der Waals surface area (Å²) in [5.41, 5.74) is 1.74. The van der Waals surface area contributed by atoms with Crippen molar-refractivity contribution in [3.8, 4) is 5.69 Å². The number of hydrogen-bond donors (Lipinski definition) is 1. The van der Waals surface area contributed by atoms with E-state index in [-0.39, 0.29) is 11.6 Å². The van der Waals surface area contributed by atoms with E-state index < -0.39 is 4.92 Å². The van der Waals surface area contributed by atoms with Gasteiger partial charge in [0.1, 0.15) is 5.82 Å². The van der Waals surface area contributed by atoms with Crippen LogP contribution in [0.4, 0.5) is 11.5 Å². The molecule has 2 aromatic carbocycles. The molecule has 1 N–H and O–H groups in total. The number of carbonyl (C=O) groups excluding carboxylic acids is 1. The van der Waals surface area contributed by atoms with Crippen molar-refractivity contribution in [2.45, 2.75) is 6.92 Å². The number of non-ortho nitro benzene ring substituents is 1. The number of anilines is 1. The van der Waals surface area contributed by atoms with E-state index >= 15 is 0 Å². The molecule has 25 heavy (non-hydrogen) atoms. The number of nitro groups is 1. The predicted octanol–water partition coefficient (Wildman–Crippen LogP) is 3.99. The Morgan fingerprint density at radius 3 is 2.40 bits per heavy atom. The van der Waals surface area contributed by atoms with Gasteiger partial charge in [-0.3, -0.25) is 14.9 Å². The molecule has 3 aromatic rings. The summed E-state index contributed by atoms with van der Waals surface area (Å²) in [6.45, 7) is 1.79. The van der Waals surface area contributed by atoms with Gasteiger partial charge in [-0.25, -0.2) is 4.68 Å². The van der Waals surface area contributed by atoms with Crippen molar-refractivity contribution >= 4 is 29.0 Å². The standard InChI is InChI=1S/C17H13ClN4O3/c1-11-10-16(19-17(23)12-2-4-13(18)5-3-12)21(20-11)14-6-8-15(9-7-14)22(24)25/h2-10H,1H3,(H,19,23). The molecule has 0 aliphatic heterocycles. The molecule has 3 rings (SSSR count). The van der Waals surface area contributed by atoms with Crippen LogP contribution in [0.2, 0.25) is 5.02 Å². The predicted molar refractivity (Wildman–Crippen MR) is 94.4 cm³/mol. The Hall–Kier alpha value is -3.19. The number of benzene rings is 2. The van der Waals surface area contributed by atoms with Crippen molar-refractivity contribution in [2.24, 2.45) is 0 Å². The molecule has 1 heterocycles. The molecule has 0 aliphatic carbocycles. The fourth-order valence-corrected chi connectivity index (χ4v) is 2.42. The van der Waals surface area contributed by atoms with Gasteiger partial charge in [0.2, 0.25) is 0 Å². The highest BCUT2D eigenvalue weighted by atomic mass is 35.5. The molecule has 0 bridgehead atoms. The first-order valence-corrected chi connectivity index (χ1v) is 7.70. The first kappa shape index (κ1) is 16.7. The molecule has 1 amide bonds. The third-order valence-electron chi connectivity index (χ3n) is 3.48. The normalized spacial score (nSPS) is 10.5. The number of nitrogens with zero attached hydrogens (tertiary/aromatic N) is 3. The second-order valence-corrected chi connectivity index (χ2v) is 5.75. The highest BCUT2D eigenvalue weighted by Gasteiger charge is 2.13. The van der Waals surface area contributed by atoms with Gasteiger partial charge in [0, 0.05) is 28.8 Å². The van der Waals surface area contributed by atoms with Gasteiger partial charge < -0.3 is 5.32 Å². The average Bonchev–Trinajstić information content (AvgIpc) is 2.95. The Kier molecular flexibility index (Phi) is 4.49. The summed E-state index contributed by atoms with van der Waals surface area (Å²) in [5, 5.41) is 18.4. The fourth-order valence-electron chi connectivity index (χ4n) is 2.29. The van der Waals surface area contributed by atoms with Gasteiger partial charge in [-0.15, -0.1) is 0 Å². The second-order valence-electron chi connectivity index (χ2n) is 5.32. The van der Waals surface area contributed by atoms with Crippen molar-refractivity contribution in [3.63, 3.8) is 0 Å². The van der Waals surface area contributed by atoms with E-state index in [9.17, 15) is 14.9 Å². The summed E-state index contributed by atoms with van der Waals surface area (Å²) in [6.07, 6.45) is 0. The summed E-state index contributed by atoms with van der Waals surface area (Å²) >= 11 is 5.83. The van der Waals surface area contributed by atoms with Crippen LogP contribution in [-0.2, 0) is 0 Å². The number of rotatable bonds is 4. The van der Waals surface area contributed by atoms with E-state index in [0.717, 1.165) is 0 Å². The molecule has 1 aromatic heterocycles. The Balaban J connectivity index is 1.89. The number of carbonyl (C=O) groups is 1. The van der Waals surface area contributed by atoms with E-state index in [1.165, 1.54) is 16.8 Å². The molecule has 0 spiro atoms. The van der Waals surface area contributed by atoms with Gasteiger partial charge in [-0.05, 0) is 43.3 Å². The van der Waals surface area contributed by atoms with Crippen LogP contribution in [-0.4, -0.2) is 20.6 Å². The molecule has 8 heteroatoms. The smallest absolute Gasteiger partial charge is 0.269 e. The maximum atomic E-state index is 12.4. The van der Waals surface area contributed by atoms with Crippen LogP contribution >= 0.6 is 11.6 Å². The maximum Gasteiger partial charge on any atom is 0.269 e. The van der Waals surface area contributed by atoms with E-state index in [4.69, 9.17) is 11.6 Å². The number of nitrogens with one attached hydrogen (secondary N) is 1. The van der Waals surface area contributed by atoms with Gasteiger partial charge in [0.25, 0.3) is 11.6 Å². The highest BCUT2D eigenvalue weighted by molar-refractivity contribution is 6.30. The van der Waals surface area contributed by atoms with Crippen LogP contribution in [0, 0.1) is 17.0 Å². The minimum atomic E-state index is -0.471. The van der Waals surface area contributed by atoms with E-state index in [1.54, 1.807) is 49.4 Å². The lowest BCUT2D eigenvalue weighted by atomic mass is 10.2. The zero-order chi connectivity index (χ0) is 18.0. The molecule has 0 saturated heterocycles. The molecule has 0 unspecified atom stereocenters. The van der Waals surface area contributed by atoms with Crippen LogP contribution in [0.15, 0.2) is 54.6 Å². The Morgan fingerprint density at radius 1 is 1.16 bits per heavy atom. The molecular weight excluding hydrogens is 344 g/mol. The minimum absolute atomic E-state index is 0.0145. The molecular formula is C17H13ClN4O3. The summed E-state index contributed by atoms with van der Waals surface area (Å²) in [7, 11) is 0. The average molecular weight is 357 g/mol. The van der Waals surface area contributed by atoms with Gasteiger partial charge in [-0.1, -0.05) is 11.6 Å². The first-order valence-electron chi connectivity index (χ1n) is 7.32. The molecule has 0 atom stereocenters. The Morgan fingerprint density at radius 2 is 1.80 bits per heavy atom. The number of aryl methyl sites for hydroxylation is 1. The zero-order valence-corrected chi connectivity index (χ0v) is 13.9. The summed E-state index contributed by atoms with van der Waals surface area (Å²) in [4.78, 5) is 22.7. The van der Waals surface area contributed by atoms with Crippen LogP contribution in [0.1, 0.15) is 16.1 Å². The fraction of sp³-hybridized carbons (Fsp3) is 0.0588. The minimum Gasteiger partial charge on any atom is -0.306 e. The largest absolute Gasteiger partial charge is 0.306 e. The number of amides is 1. The van der Waals surface area contributed by atoms with Gasteiger partial charge in [0.15, 0.2) is 0 Å². The summed E-state index contributed by atoms with van der Waals surface area (Å²) < 4.78 is 1.52. The summed E-state index contributed by atoms with van der Waals surface area (Å²) in [5.74, 6) is 0.158. The van der Waals surface area contributed by atoms with Crippen molar-refractivity contribution in [2.75, 3.05) is 5.32 Å². The van der Waals surface area contributed by atoms with E-state index in [0.29, 0.717) is 27.8 Å². The molecule has 7 nitrogen and oxygen atoms in total. The molecule has 0 radical (unpaired) electrons. The molecule has 0 saturated carbocycles. The third kappa shape index (κ3) is 3.67. The zero-order valence-electron chi connectivity index (χ0n) is 13.1. The number of nitro benzene ring substituents is 1. The van der Waals surface area contributed by atoms with Crippen LogP contribution in [0.25, 0.3) is 5.69 Å². The topological polar surface area (TPSA) is 90.1 Å². The lowest BCUT2D eigenvalue weighted by Crippen LogP contribution is -2.15. The van der Waals surface area contributed by atoms with Gasteiger partial charge in [0.05, 0.1) is 16.3 Å². The second kappa shape index (κ2) is 6.74. The number of hydrogen-bond acceptors (Lipinski definition) is 4. The molecule has 126 valence electrons. The lowest BCUT2D eigenvalue weighted by Gasteiger charge is -2.09. The number of halogens is 1. The van der Waals surface area contributed by atoms with E-state index in [1.807, 2.05) is 0 Å². The van der Waals surface area contributed by atoms with Crippen LogP contribution in [0.3, 0.4) is 0 Å². The Labute approximate surface area is 148 Å². The lowest BCUT2D eigenvalue weighted by molar-refractivity contribution is -0.384. The Bertz CT molecular complexity index is 934. The van der Waals surface area contributed by atoms with Crippen molar-refractivity contribution < 1.29 is 9.72 Å². The monoisotopic (exact) mass is 356 g/mol. The van der Waals surface area contributed by atoms with Crippen molar-refractivity contribution in [1.82, 2.24) is 9.78 Å². The number of aromatic nitrogens is 2. The first-order chi connectivity index (χ1) is 11.9. The van der Waals surface area contributed by atoms with Crippen molar-refractivity contribution in [1.29, 1.82) is 0 Å². The molecule has 0 aliphatic rings. The van der Waals surface area contributed by atoms with Gasteiger partial charge >= 0.3 is 0 Å². The van der Waals surface area contributed by atoms with Crippen LogP contribution < -0.4 is 5.32 Å². The van der Waals surface area contributed by atoms with Crippen LogP contribution in [0.5, 0.6) is 0 Å². The molecule has 0 fully saturated rings. The maximum absolute atomic E-state index is 12.4. The van der Waals surface area contributed by atoms with Gasteiger partial charge in [-0.2, -0.15) is 5.10 Å². The SMILES string of the molecule is Cc1cc(NC(=O)c2ccc(Cl)cc2)n(-c2ccc([N+](=O)[O-])cc2)n1.